The third kappa shape index (κ3) is 11.7. The molecule has 2 heteroatoms. The normalized spacial score (nSPS) is 11.4. The van der Waals surface area contributed by atoms with Crippen LogP contribution in [0.1, 0.15) is 6.92 Å². The Kier molecular flexibility index (Phi) is 8.57. The minimum atomic E-state index is 0. The Bertz CT molecular complexity index is 82.9. The summed E-state index contributed by atoms with van der Waals surface area (Å²) in [5.41, 5.74) is 1.14. The monoisotopic (exact) mass is 120 g/mol. The Morgan fingerprint density at radius 1 is 1.56 bits per heavy atom. The molecule has 0 aromatic heterocycles. The summed E-state index contributed by atoms with van der Waals surface area (Å²) in [7, 11) is 4.08. The molecule has 9 heavy (non-hydrogen) atoms. The van der Waals surface area contributed by atoms with E-state index in [9.17, 15) is 0 Å². The average molecular weight is 120 g/mol. The molecule has 0 bridgehead atoms. The van der Waals surface area contributed by atoms with Crippen molar-refractivity contribution in [3.63, 3.8) is 0 Å². The predicted octanol–water partition coefficient (Wildman–Crippen LogP) is 0.680. The predicted molar refractivity (Wildman–Crippen MR) is 44.8 cm³/mol. The van der Waals surface area contributed by atoms with Gasteiger partial charge in [0, 0.05) is 6.54 Å². The van der Waals surface area contributed by atoms with Crippen molar-refractivity contribution >= 4 is 18.9 Å². The molecule has 0 aromatic carbocycles. The zero-order chi connectivity index (χ0) is 6.57. The molecule has 0 aromatic rings. The van der Waals surface area contributed by atoms with Gasteiger partial charge in [-0.2, -0.15) is 0 Å². The van der Waals surface area contributed by atoms with Crippen LogP contribution >= 0.6 is 0 Å². The van der Waals surface area contributed by atoms with Crippen molar-refractivity contribution in [1.82, 2.24) is 4.90 Å². The van der Waals surface area contributed by atoms with Crippen molar-refractivity contribution in [2.24, 2.45) is 0 Å². The first-order chi connectivity index (χ1) is 3.63. The van der Waals surface area contributed by atoms with E-state index >= 15 is 0 Å². The van der Waals surface area contributed by atoms with Crippen LogP contribution in [0.15, 0.2) is 11.6 Å². The van der Waals surface area contributed by atoms with Gasteiger partial charge in [0.2, 0.25) is 0 Å². The van der Waals surface area contributed by atoms with Crippen molar-refractivity contribution in [3.8, 4) is 0 Å². The maximum absolute atomic E-state index is 3.74. The van der Waals surface area contributed by atoms with Gasteiger partial charge in [0.15, 0.2) is 0 Å². The number of nitrogens with zero attached hydrogens (tertiary/aromatic N) is 1. The van der Waals surface area contributed by atoms with E-state index in [1.54, 1.807) is 0 Å². The van der Waals surface area contributed by atoms with Crippen molar-refractivity contribution in [3.05, 3.63) is 18.6 Å². The fourth-order valence-electron chi connectivity index (χ4n) is 0.338. The first-order valence-electron chi connectivity index (χ1n) is 2.76. The van der Waals surface area contributed by atoms with Gasteiger partial charge in [-0.15, -0.1) is 0 Å². The van der Waals surface area contributed by atoms with Crippen molar-refractivity contribution in [2.45, 2.75) is 6.92 Å². The van der Waals surface area contributed by atoms with Crippen LogP contribution in [0, 0.1) is 6.92 Å². The molecule has 0 amide bonds. The van der Waals surface area contributed by atoms with Crippen LogP contribution < -0.4 is 0 Å². The van der Waals surface area contributed by atoms with E-state index in [0.717, 1.165) is 12.1 Å². The summed E-state index contributed by atoms with van der Waals surface area (Å²) < 4.78 is 0. The molecule has 0 aliphatic rings. The first-order valence-corrected chi connectivity index (χ1v) is 2.76. The molecule has 0 atom stereocenters. The van der Waals surface area contributed by atoms with Crippen molar-refractivity contribution < 1.29 is 0 Å². The van der Waals surface area contributed by atoms with Crippen LogP contribution in [-0.2, 0) is 0 Å². The second kappa shape index (κ2) is 6.42. The Labute approximate surface area is 70.3 Å². The van der Waals surface area contributed by atoms with Gasteiger partial charge in [-0.3, -0.25) is 0 Å². The summed E-state index contributed by atoms with van der Waals surface area (Å²) >= 11 is 0. The zero-order valence-corrected chi connectivity index (χ0v) is 5.94. The van der Waals surface area contributed by atoms with Gasteiger partial charge in [-0.05, 0) is 27.9 Å². The van der Waals surface area contributed by atoms with E-state index < -0.39 is 0 Å². The molecular weight excluding hydrogens is 105 g/mol. The number of hydrogen-bond donors (Lipinski definition) is 0. The number of hydrogen-bond acceptors (Lipinski definition) is 1. The summed E-state index contributed by atoms with van der Waals surface area (Å²) in [6.45, 7) is 6.74. The molecular formula is C7H15LiN. The van der Waals surface area contributed by atoms with E-state index in [0.29, 0.717) is 0 Å². The molecule has 0 aliphatic heterocycles. The zero-order valence-electron chi connectivity index (χ0n) is 5.94. The van der Waals surface area contributed by atoms with E-state index in [2.05, 4.69) is 17.9 Å². The van der Waals surface area contributed by atoms with Crippen molar-refractivity contribution in [2.75, 3.05) is 20.6 Å². The second-order valence-electron chi connectivity index (χ2n) is 2.31. The van der Waals surface area contributed by atoms with Gasteiger partial charge in [0.25, 0.3) is 0 Å². The average Bonchev–Trinajstić information content (AvgIpc) is 1.61. The van der Waals surface area contributed by atoms with Gasteiger partial charge >= 0.3 is 18.9 Å². The van der Waals surface area contributed by atoms with E-state index in [1.807, 2.05) is 21.0 Å². The SMILES string of the molecule is [CH2]C(C)=CCN(C)C.[LiH]. The maximum atomic E-state index is 3.74. The third-order valence-electron chi connectivity index (χ3n) is 0.805. The first kappa shape index (κ1) is 12.0. The minimum absolute atomic E-state index is 0. The van der Waals surface area contributed by atoms with E-state index in [4.69, 9.17) is 0 Å². The molecule has 1 nitrogen and oxygen atoms in total. The molecule has 0 aliphatic carbocycles. The molecule has 0 saturated heterocycles. The van der Waals surface area contributed by atoms with Gasteiger partial charge < -0.3 is 4.90 Å². The van der Waals surface area contributed by atoms with Crippen LogP contribution in [0.5, 0.6) is 0 Å². The molecule has 0 N–H and O–H groups in total. The topological polar surface area (TPSA) is 3.24 Å². The number of likely N-dealkylation sites (N-methyl/N-ethyl adjacent to an activating group) is 1. The van der Waals surface area contributed by atoms with Crippen LogP contribution in [0.2, 0.25) is 0 Å². The molecule has 0 rings (SSSR count). The molecule has 0 heterocycles. The van der Waals surface area contributed by atoms with E-state index in [1.165, 1.54) is 0 Å². The Hall–Kier alpha value is 0.297. The second-order valence-corrected chi connectivity index (χ2v) is 2.31. The van der Waals surface area contributed by atoms with Crippen LogP contribution in [0.4, 0.5) is 0 Å². The molecule has 0 saturated carbocycles. The summed E-state index contributed by atoms with van der Waals surface area (Å²) in [6, 6.07) is 0. The van der Waals surface area contributed by atoms with Gasteiger partial charge in [0.1, 0.15) is 0 Å². The summed E-state index contributed by atoms with van der Waals surface area (Å²) in [4.78, 5) is 2.11. The Balaban J connectivity index is 0. The van der Waals surface area contributed by atoms with E-state index in [-0.39, 0.29) is 18.9 Å². The van der Waals surface area contributed by atoms with Gasteiger partial charge in [-0.1, -0.05) is 11.6 Å². The molecule has 49 valence electrons. The molecule has 0 unspecified atom stereocenters. The molecule has 0 fully saturated rings. The fraction of sp³-hybridized carbons (Fsp3) is 0.571. The number of allylic oxidation sites excluding steroid dienone is 1. The third-order valence-corrected chi connectivity index (χ3v) is 0.805. The summed E-state index contributed by atoms with van der Waals surface area (Å²) in [5, 5.41) is 0. The number of rotatable bonds is 2. The van der Waals surface area contributed by atoms with Crippen molar-refractivity contribution in [1.29, 1.82) is 0 Å². The Morgan fingerprint density at radius 3 is 2.11 bits per heavy atom. The van der Waals surface area contributed by atoms with Gasteiger partial charge in [0.05, 0.1) is 0 Å². The molecule has 1 radical (unpaired) electrons. The van der Waals surface area contributed by atoms with Gasteiger partial charge in [-0.25, -0.2) is 0 Å². The fourth-order valence-corrected chi connectivity index (χ4v) is 0.338. The van der Waals surface area contributed by atoms with Crippen LogP contribution in [-0.4, -0.2) is 44.4 Å². The quantitative estimate of drug-likeness (QED) is 0.484. The van der Waals surface area contributed by atoms with Crippen LogP contribution in [0.25, 0.3) is 0 Å². The summed E-state index contributed by atoms with van der Waals surface area (Å²) in [6.07, 6.45) is 2.10. The standard InChI is InChI=1S/C7H14N.Li.H/c1-7(2)5-6-8(3)4;;/h5H,1,6H2,2-4H3;;. The van der Waals surface area contributed by atoms with Crippen LogP contribution in [0.3, 0.4) is 0 Å². The summed E-state index contributed by atoms with van der Waals surface area (Å²) in [5.74, 6) is 0. The molecule has 0 spiro atoms. The Morgan fingerprint density at radius 2 is 2.00 bits per heavy atom.